The molecule has 0 saturated carbocycles. The molecule has 0 atom stereocenters. The van der Waals surface area contributed by atoms with Gasteiger partial charge in [0.15, 0.2) is 0 Å². The van der Waals surface area contributed by atoms with Crippen molar-refractivity contribution >= 4 is 0 Å². The van der Waals surface area contributed by atoms with Gasteiger partial charge in [0, 0.05) is 24.5 Å². The smallest absolute Gasteiger partial charge is 0.125 e. The molecule has 2 aromatic heterocycles. The van der Waals surface area contributed by atoms with Crippen molar-refractivity contribution < 1.29 is 0 Å². The van der Waals surface area contributed by atoms with Crippen LogP contribution in [-0.4, -0.2) is 19.9 Å². The molecule has 5 heteroatoms. The molecule has 0 amide bonds. The molecule has 0 fully saturated rings. The highest BCUT2D eigenvalue weighted by atomic mass is 14.9. The zero-order chi connectivity index (χ0) is 10.7. The van der Waals surface area contributed by atoms with Gasteiger partial charge in [-0.3, -0.25) is 0 Å². The van der Waals surface area contributed by atoms with Crippen molar-refractivity contribution in [1.29, 1.82) is 0 Å². The average molecular weight is 201 g/mol. The van der Waals surface area contributed by atoms with Gasteiger partial charge in [-0.2, -0.15) is 0 Å². The molecule has 0 bridgehead atoms. The first kappa shape index (κ1) is 9.67. The maximum absolute atomic E-state index is 5.50. The van der Waals surface area contributed by atoms with Crippen LogP contribution < -0.4 is 5.73 Å². The number of hydrogen-bond acceptors (Lipinski definition) is 5. The quantitative estimate of drug-likeness (QED) is 0.773. The Balaban J connectivity index is 2.40. The number of hydrogen-bond donors (Lipinski definition) is 1. The van der Waals surface area contributed by atoms with Gasteiger partial charge in [-0.25, -0.2) is 19.9 Å². The highest BCUT2D eigenvalue weighted by molar-refractivity contribution is 5.56. The number of nitrogens with zero attached hydrogens (tertiary/aromatic N) is 4. The van der Waals surface area contributed by atoms with Crippen LogP contribution in [-0.2, 0) is 6.54 Å². The summed E-state index contributed by atoms with van der Waals surface area (Å²) in [5.74, 6) is 0.742. The van der Waals surface area contributed by atoms with Gasteiger partial charge in [0.25, 0.3) is 0 Å². The molecule has 15 heavy (non-hydrogen) atoms. The molecule has 2 heterocycles. The van der Waals surface area contributed by atoms with Crippen LogP contribution in [0.25, 0.3) is 11.3 Å². The molecule has 0 radical (unpaired) electrons. The third kappa shape index (κ3) is 2.13. The van der Waals surface area contributed by atoms with E-state index in [1.54, 1.807) is 12.4 Å². The van der Waals surface area contributed by atoms with Gasteiger partial charge >= 0.3 is 0 Å². The Labute approximate surface area is 87.4 Å². The van der Waals surface area contributed by atoms with E-state index >= 15 is 0 Å². The molecule has 0 aliphatic heterocycles. The molecule has 0 aliphatic rings. The van der Waals surface area contributed by atoms with E-state index in [-0.39, 0.29) is 0 Å². The molecular formula is C10H11N5. The lowest BCUT2D eigenvalue weighted by molar-refractivity contribution is 0.963. The predicted octanol–water partition coefficient (Wildman–Crippen LogP) is 0.701. The largest absolute Gasteiger partial charge is 0.325 e. The highest BCUT2D eigenvalue weighted by Gasteiger charge is 2.01. The molecular weight excluding hydrogens is 190 g/mol. The molecule has 2 rings (SSSR count). The topological polar surface area (TPSA) is 77.6 Å². The number of aromatic nitrogens is 4. The van der Waals surface area contributed by atoms with E-state index in [0.29, 0.717) is 6.54 Å². The second-order valence-corrected chi connectivity index (χ2v) is 3.12. The van der Waals surface area contributed by atoms with Gasteiger partial charge in [0.05, 0.1) is 11.4 Å². The lowest BCUT2D eigenvalue weighted by Gasteiger charge is -2.01. The summed E-state index contributed by atoms with van der Waals surface area (Å²) < 4.78 is 0. The Morgan fingerprint density at radius 3 is 2.53 bits per heavy atom. The zero-order valence-corrected chi connectivity index (χ0v) is 8.38. The minimum Gasteiger partial charge on any atom is -0.325 e. The zero-order valence-electron chi connectivity index (χ0n) is 8.38. The summed E-state index contributed by atoms with van der Waals surface area (Å²) in [6.07, 6.45) is 4.98. The molecule has 5 nitrogen and oxygen atoms in total. The van der Waals surface area contributed by atoms with Gasteiger partial charge in [-0.1, -0.05) is 0 Å². The first-order chi connectivity index (χ1) is 7.29. The summed E-state index contributed by atoms with van der Waals surface area (Å²) in [7, 11) is 0. The first-order valence-electron chi connectivity index (χ1n) is 4.59. The van der Waals surface area contributed by atoms with Gasteiger partial charge in [0.1, 0.15) is 12.2 Å². The second kappa shape index (κ2) is 4.10. The summed E-state index contributed by atoms with van der Waals surface area (Å²) in [5, 5.41) is 0. The minimum absolute atomic E-state index is 0.405. The van der Waals surface area contributed by atoms with Gasteiger partial charge in [-0.15, -0.1) is 0 Å². The first-order valence-corrected chi connectivity index (χ1v) is 4.59. The van der Waals surface area contributed by atoms with Crippen molar-refractivity contribution in [2.24, 2.45) is 5.73 Å². The molecule has 0 spiro atoms. The lowest BCUT2D eigenvalue weighted by Crippen LogP contribution is -2.00. The molecule has 76 valence electrons. The van der Waals surface area contributed by atoms with E-state index in [2.05, 4.69) is 19.9 Å². The standard InChI is InChI=1S/C10H11N5/c1-7-12-4-8(5-13-7)10-2-9(3-11)14-6-15-10/h2,4-6H,3,11H2,1H3. The number of aryl methyl sites for hydroxylation is 1. The summed E-state index contributed by atoms with van der Waals surface area (Å²) in [5.41, 5.74) is 7.98. The van der Waals surface area contributed by atoms with E-state index in [9.17, 15) is 0 Å². The van der Waals surface area contributed by atoms with E-state index in [4.69, 9.17) is 5.73 Å². The van der Waals surface area contributed by atoms with E-state index < -0.39 is 0 Å². The van der Waals surface area contributed by atoms with Crippen LogP contribution in [0.5, 0.6) is 0 Å². The van der Waals surface area contributed by atoms with Crippen LogP contribution in [0.3, 0.4) is 0 Å². The Morgan fingerprint density at radius 2 is 1.87 bits per heavy atom. The van der Waals surface area contributed by atoms with Gasteiger partial charge in [-0.05, 0) is 13.0 Å². The third-order valence-electron chi connectivity index (χ3n) is 2.01. The Morgan fingerprint density at radius 1 is 1.13 bits per heavy atom. The number of rotatable bonds is 2. The predicted molar refractivity (Wildman–Crippen MR) is 55.7 cm³/mol. The van der Waals surface area contributed by atoms with Crippen molar-refractivity contribution in [2.45, 2.75) is 13.5 Å². The summed E-state index contributed by atoms with van der Waals surface area (Å²) >= 11 is 0. The Bertz CT molecular complexity index is 452. The van der Waals surface area contributed by atoms with Crippen molar-refractivity contribution in [3.8, 4) is 11.3 Å². The van der Waals surface area contributed by atoms with Crippen LogP contribution in [0.15, 0.2) is 24.8 Å². The molecule has 2 aromatic rings. The van der Waals surface area contributed by atoms with Crippen molar-refractivity contribution in [3.63, 3.8) is 0 Å². The van der Waals surface area contributed by atoms with Crippen molar-refractivity contribution in [3.05, 3.63) is 36.3 Å². The second-order valence-electron chi connectivity index (χ2n) is 3.12. The normalized spacial score (nSPS) is 10.3. The number of nitrogens with two attached hydrogens (primary N) is 1. The van der Waals surface area contributed by atoms with E-state index in [0.717, 1.165) is 22.8 Å². The Hall–Kier alpha value is -1.88. The van der Waals surface area contributed by atoms with Gasteiger partial charge < -0.3 is 5.73 Å². The maximum Gasteiger partial charge on any atom is 0.125 e. The summed E-state index contributed by atoms with van der Waals surface area (Å²) in [6.45, 7) is 2.25. The maximum atomic E-state index is 5.50. The molecule has 2 N–H and O–H groups in total. The molecule has 0 aliphatic carbocycles. The van der Waals surface area contributed by atoms with Crippen LogP contribution in [0, 0.1) is 6.92 Å². The monoisotopic (exact) mass is 201 g/mol. The summed E-state index contributed by atoms with van der Waals surface area (Å²) in [6, 6.07) is 1.84. The van der Waals surface area contributed by atoms with E-state index in [1.165, 1.54) is 6.33 Å². The Kier molecular flexibility index (Phi) is 2.64. The molecule has 0 saturated heterocycles. The fourth-order valence-corrected chi connectivity index (χ4v) is 1.19. The minimum atomic E-state index is 0.405. The fraction of sp³-hybridized carbons (Fsp3) is 0.200. The van der Waals surface area contributed by atoms with Gasteiger partial charge in [0.2, 0.25) is 0 Å². The lowest BCUT2D eigenvalue weighted by atomic mass is 10.2. The average Bonchev–Trinajstić information content (AvgIpc) is 2.30. The van der Waals surface area contributed by atoms with Crippen LogP contribution in [0.1, 0.15) is 11.5 Å². The van der Waals surface area contributed by atoms with E-state index in [1.807, 2.05) is 13.0 Å². The molecule has 0 unspecified atom stereocenters. The molecule has 0 aromatic carbocycles. The fourth-order valence-electron chi connectivity index (χ4n) is 1.19. The highest BCUT2D eigenvalue weighted by Crippen LogP contribution is 2.14. The van der Waals surface area contributed by atoms with Crippen LogP contribution >= 0.6 is 0 Å². The summed E-state index contributed by atoms with van der Waals surface area (Å²) in [4.78, 5) is 16.4. The SMILES string of the molecule is Cc1ncc(-c2cc(CN)ncn2)cn1. The van der Waals surface area contributed by atoms with Crippen molar-refractivity contribution in [1.82, 2.24) is 19.9 Å². The van der Waals surface area contributed by atoms with Crippen molar-refractivity contribution in [2.75, 3.05) is 0 Å². The van der Waals surface area contributed by atoms with Crippen LogP contribution in [0.2, 0.25) is 0 Å². The van der Waals surface area contributed by atoms with Crippen LogP contribution in [0.4, 0.5) is 0 Å². The third-order valence-corrected chi connectivity index (χ3v) is 2.01.